The first kappa shape index (κ1) is 11.4. The topological polar surface area (TPSA) is 73.6 Å². The molecular formula is C12H12N2O3. The Morgan fingerprint density at radius 1 is 1.47 bits per heavy atom. The molecule has 17 heavy (non-hydrogen) atoms. The van der Waals surface area contributed by atoms with Crippen LogP contribution in [-0.4, -0.2) is 34.8 Å². The number of rotatable bonds is 2. The minimum atomic E-state index is -1.40. The summed E-state index contributed by atoms with van der Waals surface area (Å²) in [6, 6.07) is 11.1. The van der Waals surface area contributed by atoms with Crippen LogP contribution in [0.15, 0.2) is 30.3 Å². The van der Waals surface area contributed by atoms with E-state index in [1.165, 1.54) is 4.90 Å². The highest BCUT2D eigenvalue weighted by Gasteiger charge is 2.44. The van der Waals surface area contributed by atoms with Crippen molar-refractivity contribution >= 4 is 6.09 Å². The van der Waals surface area contributed by atoms with E-state index in [0.717, 1.165) is 5.56 Å². The molecule has 1 amide bonds. The lowest BCUT2D eigenvalue weighted by molar-refractivity contribution is -0.0502. The van der Waals surface area contributed by atoms with Gasteiger partial charge < -0.3 is 14.7 Å². The molecule has 0 spiro atoms. The molecule has 0 aromatic heterocycles. The molecule has 0 atom stereocenters. The molecule has 5 nitrogen and oxygen atoms in total. The predicted molar refractivity (Wildman–Crippen MR) is 58.8 cm³/mol. The predicted octanol–water partition coefficient (Wildman–Crippen LogP) is 0.893. The van der Waals surface area contributed by atoms with Gasteiger partial charge in [-0.15, -0.1) is 0 Å². The van der Waals surface area contributed by atoms with Gasteiger partial charge in [-0.05, 0) is 5.56 Å². The maximum Gasteiger partial charge on any atom is 0.410 e. The molecular weight excluding hydrogens is 220 g/mol. The Kier molecular flexibility index (Phi) is 2.98. The number of carbonyl (C=O) groups is 1. The summed E-state index contributed by atoms with van der Waals surface area (Å²) in [7, 11) is 0. The van der Waals surface area contributed by atoms with Crippen LogP contribution in [0.5, 0.6) is 0 Å². The Balaban J connectivity index is 1.79. The van der Waals surface area contributed by atoms with Crippen LogP contribution >= 0.6 is 0 Å². The van der Waals surface area contributed by atoms with Gasteiger partial charge in [-0.2, -0.15) is 5.26 Å². The maximum atomic E-state index is 11.5. The molecule has 0 bridgehead atoms. The van der Waals surface area contributed by atoms with E-state index in [0.29, 0.717) is 0 Å². The number of carbonyl (C=O) groups excluding carboxylic acids is 1. The highest BCUT2D eigenvalue weighted by Crippen LogP contribution is 2.20. The number of likely N-dealkylation sites (tertiary alicyclic amines) is 1. The molecule has 88 valence electrons. The van der Waals surface area contributed by atoms with Crippen LogP contribution in [0.2, 0.25) is 0 Å². The minimum absolute atomic E-state index is 0.0110. The molecule has 1 heterocycles. The highest BCUT2D eigenvalue weighted by atomic mass is 16.6. The molecule has 1 fully saturated rings. The van der Waals surface area contributed by atoms with E-state index in [9.17, 15) is 9.90 Å². The van der Waals surface area contributed by atoms with E-state index >= 15 is 0 Å². The standard InChI is InChI=1S/C12H12N2O3/c13-7-12(16)8-14(9-12)11(15)17-6-10-4-2-1-3-5-10/h1-5,16H,6,8-9H2. The SMILES string of the molecule is N#CC1(O)CN(C(=O)OCc2ccccc2)C1. The Morgan fingerprint density at radius 2 is 2.12 bits per heavy atom. The third-order valence-corrected chi connectivity index (χ3v) is 2.58. The third-order valence-electron chi connectivity index (χ3n) is 2.58. The smallest absolute Gasteiger partial charge is 0.410 e. The van der Waals surface area contributed by atoms with Crippen molar-refractivity contribution in [2.24, 2.45) is 0 Å². The fourth-order valence-corrected chi connectivity index (χ4v) is 1.60. The fraction of sp³-hybridized carbons (Fsp3) is 0.333. The number of ether oxygens (including phenoxy) is 1. The number of hydrogen-bond acceptors (Lipinski definition) is 4. The Labute approximate surface area is 98.8 Å². The van der Waals surface area contributed by atoms with E-state index in [1.807, 2.05) is 30.3 Å². The van der Waals surface area contributed by atoms with Crippen molar-refractivity contribution in [3.8, 4) is 6.07 Å². The normalized spacial score (nSPS) is 16.8. The number of nitriles is 1. The van der Waals surface area contributed by atoms with Gasteiger partial charge in [0, 0.05) is 0 Å². The lowest BCUT2D eigenvalue weighted by Crippen LogP contribution is -2.62. The first-order valence-corrected chi connectivity index (χ1v) is 5.22. The first-order chi connectivity index (χ1) is 8.13. The van der Waals surface area contributed by atoms with Crippen molar-refractivity contribution in [3.05, 3.63) is 35.9 Å². The lowest BCUT2D eigenvalue weighted by atomic mass is 9.97. The molecule has 1 aliphatic rings. The van der Waals surface area contributed by atoms with Gasteiger partial charge in [0.05, 0.1) is 13.1 Å². The summed E-state index contributed by atoms with van der Waals surface area (Å²) in [5.41, 5.74) is -0.497. The Hall–Kier alpha value is -2.06. The number of β-amino-alcohol motifs (C(OH)–C–C–N with tert-alkyl or cyclic N) is 1. The quantitative estimate of drug-likeness (QED) is 0.768. The number of benzene rings is 1. The van der Waals surface area contributed by atoms with E-state index in [2.05, 4.69) is 0 Å². The van der Waals surface area contributed by atoms with Crippen molar-refractivity contribution < 1.29 is 14.6 Å². The van der Waals surface area contributed by atoms with Gasteiger partial charge in [0.25, 0.3) is 0 Å². The number of nitrogens with zero attached hydrogens (tertiary/aromatic N) is 2. The minimum Gasteiger partial charge on any atom is -0.445 e. The van der Waals surface area contributed by atoms with Crippen molar-refractivity contribution in [1.82, 2.24) is 4.90 Å². The Morgan fingerprint density at radius 3 is 2.71 bits per heavy atom. The molecule has 1 aromatic rings. The van der Waals surface area contributed by atoms with Gasteiger partial charge in [-0.3, -0.25) is 0 Å². The molecule has 1 N–H and O–H groups in total. The van der Waals surface area contributed by atoms with Gasteiger partial charge in [-0.25, -0.2) is 4.79 Å². The van der Waals surface area contributed by atoms with Crippen LogP contribution in [0.1, 0.15) is 5.56 Å². The summed E-state index contributed by atoms with van der Waals surface area (Å²) in [6.45, 7) is 0.218. The van der Waals surface area contributed by atoms with Gasteiger partial charge in [0.15, 0.2) is 5.60 Å². The van der Waals surface area contributed by atoms with Crippen LogP contribution in [0.4, 0.5) is 4.79 Å². The second kappa shape index (κ2) is 4.44. The number of aliphatic hydroxyl groups is 1. The van der Waals surface area contributed by atoms with Gasteiger partial charge in [0.1, 0.15) is 12.7 Å². The van der Waals surface area contributed by atoms with E-state index in [-0.39, 0.29) is 19.7 Å². The third kappa shape index (κ3) is 2.55. The summed E-state index contributed by atoms with van der Waals surface area (Å²) in [5.74, 6) is 0. The van der Waals surface area contributed by atoms with Crippen molar-refractivity contribution in [2.45, 2.75) is 12.2 Å². The first-order valence-electron chi connectivity index (χ1n) is 5.22. The molecule has 0 radical (unpaired) electrons. The fourth-order valence-electron chi connectivity index (χ4n) is 1.60. The van der Waals surface area contributed by atoms with Crippen LogP contribution in [0.3, 0.4) is 0 Å². The summed E-state index contributed by atoms with van der Waals surface area (Å²) in [6.07, 6.45) is -0.506. The number of amides is 1. The van der Waals surface area contributed by atoms with E-state index in [4.69, 9.17) is 10.00 Å². The molecule has 1 saturated heterocycles. The van der Waals surface area contributed by atoms with Crippen molar-refractivity contribution in [1.29, 1.82) is 5.26 Å². The summed E-state index contributed by atoms with van der Waals surface area (Å²) >= 11 is 0. The summed E-state index contributed by atoms with van der Waals surface area (Å²) in [5, 5.41) is 18.0. The molecule has 1 aromatic carbocycles. The lowest BCUT2D eigenvalue weighted by Gasteiger charge is -2.40. The van der Waals surface area contributed by atoms with Crippen LogP contribution in [-0.2, 0) is 11.3 Å². The monoisotopic (exact) mass is 232 g/mol. The molecule has 0 saturated carbocycles. The van der Waals surface area contributed by atoms with Gasteiger partial charge in [0.2, 0.25) is 0 Å². The zero-order valence-electron chi connectivity index (χ0n) is 9.17. The highest BCUT2D eigenvalue weighted by molar-refractivity contribution is 5.69. The largest absolute Gasteiger partial charge is 0.445 e. The van der Waals surface area contributed by atoms with Crippen LogP contribution in [0.25, 0.3) is 0 Å². The summed E-state index contributed by atoms with van der Waals surface area (Å²) in [4.78, 5) is 12.8. The molecule has 0 unspecified atom stereocenters. The average Bonchev–Trinajstić information content (AvgIpc) is 2.33. The zero-order chi connectivity index (χ0) is 12.3. The second-order valence-corrected chi connectivity index (χ2v) is 4.04. The molecule has 5 heteroatoms. The molecule has 1 aliphatic heterocycles. The van der Waals surface area contributed by atoms with E-state index in [1.54, 1.807) is 6.07 Å². The number of hydrogen-bond donors (Lipinski definition) is 1. The Bertz CT molecular complexity index is 447. The van der Waals surface area contributed by atoms with Crippen molar-refractivity contribution in [3.63, 3.8) is 0 Å². The summed E-state index contributed by atoms with van der Waals surface area (Å²) < 4.78 is 5.04. The van der Waals surface area contributed by atoms with Gasteiger partial charge in [-0.1, -0.05) is 30.3 Å². The molecule has 0 aliphatic carbocycles. The molecule has 2 rings (SSSR count). The maximum absolute atomic E-state index is 11.5. The second-order valence-electron chi connectivity index (χ2n) is 4.04. The van der Waals surface area contributed by atoms with Crippen LogP contribution in [0, 0.1) is 11.3 Å². The van der Waals surface area contributed by atoms with Gasteiger partial charge >= 0.3 is 6.09 Å². The average molecular weight is 232 g/mol. The van der Waals surface area contributed by atoms with Crippen LogP contribution < -0.4 is 0 Å². The van der Waals surface area contributed by atoms with Crippen molar-refractivity contribution in [2.75, 3.05) is 13.1 Å². The zero-order valence-corrected chi connectivity index (χ0v) is 9.17. The van der Waals surface area contributed by atoms with E-state index < -0.39 is 11.7 Å².